The molecule has 19 heavy (non-hydrogen) atoms. The molecule has 1 saturated heterocycles. The quantitative estimate of drug-likeness (QED) is 0.890. The van der Waals surface area contributed by atoms with E-state index in [1.54, 1.807) is 6.07 Å². The Morgan fingerprint density at radius 1 is 1.47 bits per heavy atom. The lowest BCUT2D eigenvalue weighted by molar-refractivity contribution is 0.0950. The summed E-state index contributed by atoms with van der Waals surface area (Å²) in [6, 6.07) is 5.43. The van der Waals surface area contributed by atoms with Gasteiger partial charge in [0.2, 0.25) is 0 Å². The van der Waals surface area contributed by atoms with E-state index in [2.05, 4.69) is 10.6 Å². The van der Waals surface area contributed by atoms with Crippen LogP contribution < -0.4 is 10.6 Å². The molecule has 1 heterocycles. The van der Waals surface area contributed by atoms with E-state index in [1.807, 2.05) is 19.1 Å². The number of carbonyl (C=O) groups is 1. The van der Waals surface area contributed by atoms with Crippen molar-refractivity contribution in [3.63, 3.8) is 0 Å². The first-order chi connectivity index (χ1) is 9.15. The molecule has 0 saturated carbocycles. The third-order valence-electron chi connectivity index (χ3n) is 3.54. The van der Waals surface area contributed by atoms with Crippen molar-refractivity contribution in [2.75, 3.05) is 19.6 Å². The molecule has 0 aromatic heterocycles. The van der Waals surface area contributed by atoms with E-state index in [4.69, 9.17) is 11.6 Å². The Morgan fingerprint density at radius 3 is 3.00 bits per heavy atom. The monoisotopic (exact) mass is 280 g/mol. The van der Waals surface area contributed by atoms with Crippen LogP contribution >= 0.6 is 11.6 Å². The smallest absolute Gasteiger partial charge is 0.251 e. The summed E-state index contributed by atoms with van der Waals surface area (Å²) in [5.74, 6) is 0.657. The van der Waals surface area contributed by atoms with E-state index >= 15 is 0 Å². The summed E-state index contributed by atoms with van der Waals surface area (Å²) >= 11 is 5.96. The average molecular weight is 281 g/mol. The van der Waals surface area contributed by atoms with Crippen LogP contribution in [0.3, 0.4) is 0 Å². The fourth-order valence-electron chi connectivity index (χ4n) is 2.53. The van der Waals surface area contributed by atoms with Gasteiger partial charge >= 0.3 is 0 Å². The van der Waals surface area contributed by atoms with Gasteiger partial charge in [-0.3, -0.25) is 4.79 Å². The first kappa shape index (κ1) is 14.4. The summed E-state index contributed by atoms with van der Waals surface area (Å²) < 4.78 is 0. The maximum atomic E-state index is 12.0. The van der Waals surface area contributed by atoms with Crippen LogP contribution in [0.5, 0.6) is 0 Å². The Kier molecular flexibility index (Phi) is 5.23. The number of hydrogen-bond donors (Lipinski definition) is 2. The lowest BCUT2D eigenvalue weighted by Gasteiger charge is -2.22. The van der Waals surface area contributed by atoms with Gasteiger partial charge in [-0.1, -0.05) is 11.6 Å². The van der Waals surface area contributed by atoms with Crippen molar-refractivity contribution < 1.29 is 4.79 Å². The molecule has 0 spiro atoms. The molecule has 4 heteroatoms. The molecule has 2 rings (SSSR count). The summed E-state index contributed by atoms with van der Waals surface area (Å²) in [4.78, 5) is 12.0. The molecule has 0 bridgehead atoms. The number of hydrogen-bond acceptors (Lipinski definition) is 2. The minimum absolute atomic E-state index is 0.0330. The Morgan fingerprint density at radius 2 is 2.32 bits per heavy atom. The van der Waals surface area contributed by atoms with Gasteiger partial charge in [-0.2, -0.15) is 0 Å². The SMILES string of the molecule is Cc1cc(Cl)cc(C(=O)NCCC2CCCNC2)c1. The molecule has 1 atom stereocenters. The molecule has 0 aliphatic carbocycles. The van der Waals surface area contributed by atoms with Gasteiger partial charge in [0.05, 0.1) is 0 Å². The fourth-order valence-corrected chi connectivity index (χ4v) is 2.82. The van der Waals surface area contributed by atoms with Crippen molar-refractivity contribution in [1.82, 2.24) is 10.6 Å². The molecule has 1 amide bonds. The van der Waals surface area contributed by atoms with Crippen LogP contribution in [0.2, 0.25) is 5.02 Å². The average Bonchev–Trinajstić information content (AvgIpc) is 2.38. The van der Waals surface area contributed by atoms with Crippen LogP contribution in [0.4, 0.5) is 0 Å². The second-order valence-electron chi connectivity index (χ2n) is 5.27. The maximum Gasteiger partial charge on any atom is 0.251 e. The van der Waals surface area contributed by atoms with E-state index in [0.717, 1.165) is 31.6 Å². The van der Waals surface area contributed by atoms with Crippen molar-refractivity contribution in [2.24, 2.45) is 5.92 Å². The third-order valence-corrected chi connectivity index (χ3v) is 3.76. The van der Waals surface area contributed by atoms with Gasteiger partial charge in [0.1, 0.15) is 0 Å². The largest absolute Gasteiger partial charge is 0.352 e. The zero-order valence-electron chi connectivity index (χ0n) is 11.3. The number of aryl methyl sites for hydroxylation is 1. The molecule has 1 aliphatic rings. The van der Waals surface area contributed by atoms with Gasteiger partial charge in [0, 0.05) is 17.1 Å². The van der Waals surface area contributed by atoms with E-state index in [1.165, 1.54) is 12.8 Å². The molecule has 1 unspecified atom stereocenters. The lowest BCUT2D eigenvalue weighted by Crippen LogP contribution is -2.33. The third kappa shape index (κ3) is 4.51. The zero-order chi connectivity index (χ0) is 13.7. The van der Waals surface area contributed by atoms with Crippen LogP contribution in [0.25, 0.3) is 0 Å². The highest BCUT2D eigenvalue weighted by molar-refractivity contribution is 6.31. The van der Waals surface area contributed by atoms with Crippen LogP contribution in [0.15, 0.2) is 18.2 Å². The highest BCUT2D eigenvalue weighted by Gasteiger charge is 2.13. The number of piperidine rings is 1. The predicted molar refractivity (Wildman–Crippen MR) is 78.7 cm³/mol. The van der Waals surface area contributed by atoms with Crippen molar-refractivity contribution >= 4 is 17.5 Å². The van der Waals surface area contributed by atoms with Crippen molar-refractivity contribution in [2.45, 2.75) is 26.2 Å². The number of carbonyl (C=O) groups excluding carboxylic acids is 1. The number of amides is 1. The van der Waals surface area contributed by atoms with Gasteiger partial charge in [-0.15, -0.1) is 0 Å². The molecule has 3 nitrogen and oxygen atoms in total. The molecule has 1 aromatic rings. The van der Waals surface area contributed by atoms with Crippen LogP contribution in [-0.4, -0.2) is 25.5 Å². The Labute approximate surface area is 119 Å². The minimum Gasteiger partial charge on any atom is -0.352 e. The highest BCUT2D eigenvalue weighted by atomic mass is 35.5. The lowest BCUT2D eigenvalue weighted by atomic mass is 9.96. The Hall–Kier alpha value is -1.06. The summed E-state index contributed by atoms with van der Waals surface area (Å²) in [7, 11) is 0. The summed E-state index contributed by atoms with van der Waals surface area (Å²) in [5.41, 5.74) is 1.65. The molecular weight excluding hydrogens is 260 g/mol. The minimum atomic E-state index is -0.0330. The molecule has 2 N–H and O–H groups in total. The molecule has 1 fully saturated rings. The van der Waals surface area contributed by atoms with E-state index in [9.17, 15) is 4.79 Å². The van der Waals surface area contributed by atoms with E-state index < -0.39 is 0 Å². The van der Waals surface area contributed by atoms with Crippen molar-refractivity contribution in [3.8, 4) is 0 Å². The maximum absolute atomic E-state index is 12.0. The summed E-state index contributed by atoms with van der Waals surface area (Å²) in [6.07, 6.45) is 3.55. The first-order valence-electron chi connectivity index (χ1n) is 6.91. The molecular formula is C15H21ClN2O. The van der Waals surface area contributed by atoms with Crippen LogP contribution in [-0.2, 0) is 0 Å². The number of halogens is 1. The Balaban J connectivity index is 1.80. The molecule has 104 valence electrons. The number of nitrogens with one attached hydrogen (secondary N) is 2. The van der Waals surface area contributed by atoms with Crippen molar-refractivity contribution in [1.29, 1.82) is 0 Å². The molecule has 0 radical (unpaired) electrons. The normalized spacial score (nSPS) is 19.2. The Bertz CT molecular complexity index is 422. The molecule has 1 aromatic carbocycles. The highest BCUT2D eigenvalue weighted by Crippen LogP contribution is 2.15. The van der Waals surface area contributed by atoms with Gasteiger partial charge in [0.25, 0.3) is 5.91 Å². The van der Waals surface area contributed by atoms with Crippen LogP contribution in [0.1, 0.15) is 35.2 Å². The standard InChI is InChI=1S/C15H21ClN2O/c1-11-7-13(9-14(16)8-11)15(19)18-6-4-12-3-2-5-17-10-12/h7-9,12,17H,2-6,10H2,1H3,(H,18,19). The zero-order valence-corrected chi connectivity index (χ0v) is 12.1. The fraction of sp³-hybridized carbons (Fsp3) is 0.533. The second kappa shape index (κ2) is 6.92. The van der Waals surface area contributed by atoms with Gasteiger partial charge in [-0.05, 0) is 69.0 Å². The first-order valence-corrected chi connectivity index (χ1v) is 7.29. The van der Waals surface area contributed by atoms with Gasteiger partial charge in [0.15, 0.2) is 0 Å². The second-order valence-corrected chi connectivity index (χ2v) is 5.71. The number of rotatable bonds is 4. The summed E-state index contributed by atoms with van der Waals surface area (Å²) in [6.45, 7) is 4.88. The topological polar surface area (TPSA) is 41.1 Å². The predicted octanol–water partition coefficient (Wildman–Crippen LogP) is 2.77. The van der Waals surface area contributed by atoms with E-state index in [-0.39, 0.29) is 5.91 Å². The summed E-state index contributed by atoms with van der Waals surface area (Å²) in [5, 5.41) is 6.98. The number of benzene rings is 1. The van der Waals surface area contributed by atoms with E-state index in [0.29, 0.717) is 16.5 Å². The van der Waals surface area contributed by atoms with Crippen molar-refractivity contribution in [3.05, 3.63) is 34.3 Å². The van der Waals surface area contributed by atoms with Gasteiger partial charge < -0.3 is 10.6 Å². The van der Waals surface area contributed by atoms with Crippen LogP contribution in [0, 0.1) is 12.8 Å². The molecule has 1 aliphatic heterocycles. The van der Waals surface area contributed by atoms with Gasteiger partial charge in [-0.25, -0.2) is 0 Å².